The summed E-state index contributed by atoms with van der Waals surface area (Å²) in [6, 6.07) is 13.5. The van der Waals surface area contributed by atoms with E-state index in [0.717, 1.165) is 5.75 Å². The molecule has 0 saturated carbocycles. The lowest BCUT2D eigenvalue weighted by Gasteiger charge is -2.10. The first-order chi connectivity index (χ1) is 14.0. The summed E-state index contributed by atoms with van der Waals surface area (Å²) in [4.78, 5) is 12.1. The fraction of sp³-hybridized carbons (Fsp3) is 0.150. The standard InChI is InChI=1S/C20H16F3N5O/c1-2-29-14-8-6-13(7-9-14)25-15-10-11-24-19(26-15)17-18(20(21,22)23)27-16-5-3-4-12-28(16)17/h3-12H,2H2,1H3,(H,24,25,26). The molecule has 0 atom stereocenters. The van der Waals surface area contributed by atoms with Gasteiger partial charge < -0.3 is 10.1 Å². The molecule has 0 fully saturated rings. The SMILES string of the molecule is CCOc1ccc(Nc2ccnc(-c3c(C(F)(F)F)nc4ccccn34)n2)cc1. The number of hydrogen-bond acceptors (Lipinski definition) is 5. The van der Waals surface area contributed by atoms with Gasteiger partial charge in [-0.3, -0.25) is 4.40 Å². The van der Waals surface area contributed by atoms with E-state index in [0.29, 0.717) is 18.1 Å². The van der Waals surface area contributed by atoms with Crippen molar-refractivity contribution in [2.45, 2.75) is 13.1 Å². The molecule has 29 heavy (non-hydrogen) atoms. The van der Waals surface area contributed by atoms with Crippen LogP contribution < -0.4 is 10.1 Å². The Morgan fingerprint density at radius 3 is 2.55 bits per heavy atom. The number of pyridine rings is 1. The van der Waals surface area contributed by atoms with Gasteiger partial charge in [-0.05, 0) is 49.4 Å². The molecule has 0 aliphatic heterocycles. The third kappa shape index (κ3) is 3.84. The first kappa shape index (κ1) is 18.7. The Morgan fingerprint density at radius 1 is 1.03 bits per heavy atom. The molecule has 9 heteroatoms. The van der Waals surface area contributed by atoms with Crippen LogP contribution in [-0.4, -0.2) is 26.0 Å². The molecule has 0 spiro atoms. The Bertz CT molecular complexity index is 1140. The molecule has 0 amide bonds. The molecule has 1 aromatic carbocycles. The monoisotopic (exact) mass is 399 g/mol. The van der Waals surface area contributed by atoms with Crippen molar-refractivity contribution in [3.05, 3.63) is 66.6 Å². The van der Waals surface area contributed by atoms with Gasteiger partial charge in [-0.15, -0.1) is 0 Å². The molecule has 4 rings (SSSR count). The van der Waals surface area contributed by atoms with E-state index in [4.69, 9.17) is 4.74 Å². The number of ether oxygens (including phenoxy) is 1. The number of fused-ring (bicyclic) bond motifs is 1. The number of alkyl halides is 3. The highest BCUT2D eigenvalue weighted by Crippen LogP contribution is 2.36. The van der Waals surface area contributed by atoms with Gasteiger partial charge in [0.25, 0.3) is 0 Å². The van der Waals surface area contributed by atoms with Crippen molar-refractivity contribution in [3.63, 3.8) is 0 Å². The van der Waals surface area contributed by atoms with Gasteiger partial charge in [0.05, 0.1) is 6.61 Å². The minimum absolute atomic E-state index is 0.0769. The highest BCUT2D eigenvalue weighted by Gasteiger charge is 2.39. The van der Waals surface area contributed by atoms with Crippen molar-refractivity contribution >= 4 is 17.2 Å². The minimum atomic E-state index is -4.64. The average molecular weight is 399 g/mol. The fourth-order valence-corrected chi connectivity index (χ4v) is 2.90. The van der Waals surface area contributed by atoms with Crippen molar-refractivity contribution in [3.8, 4) is 17.3 Å². The minimum Gasteiger partial charge on any atom is -0.494 e. The molecule has 0 aliphatic carbocycles. The van der Waals surface area contributed by atoms with Gasteiger partial charge in [0.15, 0.2) is 11.5 Å². The second kappa shape index (κ2) is 7.42. The Hall–Kier alpha value is -3.62. The summed E-state index contributed by atoms with van der Waals surface area (Å²) in [6.07, 6.45) is -1.73. The molecule has 1 N–H and O–H groups in total. The molecule has 148 valence electrons. The van der Waals surface area contributed by atoms with Crippen LogP contribution >= 0.6 is 0 Å². The highest BCUT2D eigenvalue weighted by molar-refractivity contribution is 5.65. The van der Waals surface area contributed by atoms with E-state index in [1.165, 1.54) is 22.9 Å². The van der Waals surface area contributed by atoms with Crippen LogP contribution in [0, 0.1) is 0 Å². The number of benzene rings is 1. The van der Waals surface area contributed by atoms with Gasteiger partial charge >= 0.3 is 6.18 Å². The van der Waals surface area contributed by atoms with Crippen LogP contribution in [0.3, 0.4) is 0 Å². The molecule has 0 aliphatic rings. The molecule has 0 radical (unpaired) electrons. The summed E-state index contributed by atoms with van der Waals surface area (Å²) in [5, 5.41) is 3.06. The molecule has 3 aromatic heterocycles. The number of imidazole rings is 1. The van der Waals surface area contributed by atoms with E-state index >= 15 is 0 Å². The molecule has 0 saturated heterocycles. The summed E-state index contributed by atoms with van der Waals surface area (Å²) in [5.41, 5.74) is -0.346. The molecule has 3 heterocycles. The van der Waals surface area contributed by atoms with Crippen LogP contribution in [0.4, 0.5) is 24.7 Å². The number of hydrogen-bond donors (Lipinski definition) is 1. The van der Waals surface area contributed by atoms with Gasteiger partial charge in [-0.25, -0.2) is 15.0 Å². The zero-order valence-electron chi connectivity index (χ0n) is 15.3. The van der Waals surface area contributed by atoms with E-state index in [9.17, 15) is 13.2 Å². The summed E-state index contributed by atoms with van der Waals surface area (Å²) in [7, 11) is 0. The van der Waals surface area contributed by atoms with E-state index in [2.05, 4.69) is 20.3 Å². The number of nitrogens with zero attached hydrogens (tertiary/aromatic N) is 4. The van der Waals surface area contributed by atoms with Crippen LogP contribution in [0.15, 0.2) is 60.9 Å². The van der Waals surface area contributed by atoms with Gasteiger partial charge in [0, 0.05) is 18.1 Å². The van der Waals surface area contributed by atoms with Crippen molar-refractivity contribution in [1.29, 1.82) is 0 Å². The van der Waals surface area contributed by atoms with E-state index in [1.807, 2.05) is 6.92 Å². The van der Waals surface area contributed by atoms with Gasteiger partial charge in [-0.1, -0.05) is 6.07 Å². The molecule has 4 aromatic rings. The number of aromatic nitrogens is 4. The van der Waals surface area contributed by atoms with Crippen molar-refractivity contribution < 1.29 is 17.9 Å². The number of anilines is 2. The van der Waals surface area contributed by atoms with Crippen LogP contribution in [-0.2, 0) is 6.18 Å². The average Bonchev–Trinajstić information content (AvgIpc) is 3.10. The Labute approximate surface area is 164 Å². The summed E-state index contributed by atoms with van der Waals surface area (Å²) >= 11 is 0. The Kier molecular flexibility index (Phi) is 4.79. The largest absolute Gasteiger partial charge is 0.494 e. The van der Waals surface area contributed by atoms with E-state index in [-0.39, 0.29) is 17.2 Å². The number of halogens is 3. The van der Waals surface area contributed by atoms with Crippen molar-refractivity contribution in [2.24, 2.45) is 0 Å². The highest BCUT2D eigenvalue weighted by atomic mass is 19.4. The summed E-state index contributed by atoms with van der Waals surface area (Å²) in [6.45, 7) is 2.45. The number of nitrogens with one attached hydrogen (secondary N) is 1. The Balaban J connectivity index is 1.72. The molecule has 6 nitrogen and oxygen atoms in total. The Morgan fingerprint density at radius 2 is 1.83 bits per heavy atom. The lowest BCUT2D eigenvalue weighted by Crippen LogP contribution is -2.09. The maximum atomic E-state index is 13.6. The molecular formula is C20H16F3N5O. The van der Waals surface area contributed by atoms with Crippen LogP contribution in [0.25, 0.3) is 17.2 Å². The molecular weight excluding hydrogens is 383 g/mol. The van der Waals surface area contributed by atoms with Crippen molar-refractivity contribution in [1.82, 2.24) is 19.4 Å². The lowest BCUT2D eigenvalue weighted by atomic mass is 10.3. The maximum absolute atomic E-state index is 13.6. The fourth-order valence-electron chi connectivity index (χ4n) is 2.90. The van der Waals surface area contributed by atoms with Gasteiger partial charge in [0.1, 0.15) is 22.9 Å². The lowest BCUT2D eigenvalue weighted by molar-refractivity contribution is -0.140. The first-order valence-corrected chi connectivity index (χ1v) is 8.83. The number of rotatable bonds is 5. The van der Waals surface area contributed by atoms with Crippen LogP contribution in [0.1, 0.15) is 12.6 Å². The molecule has 0 unspecified atom stereocenters. The van der Waals surface area contributed by atoms with Crippen LogP contribution in [0.5, 0.6) is 5.75 Å². The maximum Gasteiger partial charge on any atom is 0.435 e. The zero-order valence-corrected chi connectivity index (χ0v) is 15.3. The topological polar surface area (TPSA) is 64.3 Å². The second-order valence-corrected chi connectivity index (χ2v) is 6.08. The van der Waals surface area contributed by atoms with Gasteiger partial charge in [-0.2, -0.15) is 13.2 Å². The quantitative estimate of drug-likeness (QED) is 0.514. The summed E-state index contributed by atoms with van der Waals surface area (Å²) < 4.78 is 47.4. The summed E-state index contributed by atoms with van der Waals surface area (Å²) in [5.74, 6) is 1.01. The normalized spacial score (nSPS) is 11.6. The van der Waals surface area contributed by atoms with Gasteiger partial charge in [0.2, 0.25) is 0 Å². The van der Waals surface area contributed by atoms with Crippen molar-refractivity contribution in [2.75, 3.05) is 11.9 Å². The predicted octanol–water partition coefficient (Wildman–Crippen LogP) is 4.95. The smallest absolute Gasteiger partial charge is 0.435 e. The second-order valence-electron chi connectivity index (χ2n) is 6.08. The van der Waals surface area contributed by atoms with E-state index in [1.54, 1.807) is 42.5 Å². The third-order valence-corrected chi connectivity index (χ3v) is 4.10. The predicted molar refractivity (Wildman–Crippen MR) is 102 cm³/mol. The molecule has 0 bridgehead atoms. The zero-order chi connectivity index (χ0) is 20.4. The van der Waals surface area contributed by atoms with Crippen LogP contribution in [0.2, 0.25) is 0 Å². The third-order valence-electron chi connectivity index (χ3n) is 4.10. The van der Waals surface area contributed by atoms with E-state index < -0.39 is 11.9 Å². The first-order valence-electron chi connectivity index (χ1n) is 8.83.